The highest BCUT2D eigenvalue weighted by Gasteiger charge is 2.81. The molecule has 1 spiro atoms. The number of Topliss-reactive ketones (excluding diaryl/α,β-unsaturated/α-hetero) is 1. The molecule has 0 radical (unpaired) electrons. The minimum absolute atomic E-state index is 0.159. The fraction of sp³-hybridized carbons (Fsp3) is 0.680. The Kier molecular flexibility index (Phi) is 5.00. The number of carbonyl (C=O) groups is 2. The summed E-state index contributed by atoms with van der Waals surface area (Å²) in [6.45, 7) is 10.2. The lowest BCUT2D eigenvalue weighted by molar-refractivity contribution is -0.191. The number of aliphatic hydroxyl groups is 4. The molecule has 0 aliphatic heterocycles. The fourth-order valence-corrected chi connectivity index (χ4v) is 6.90. The lowest BCUT2D eigenvalue weighted by Crippen LogP contribution is -2.65. The van der Waals surface area contributed by atoms with Crippen molar-refractivity contribution in [1.82, 2.24) is 0 Å². The fourth-order valence-electron chi connectivity index (χ4n) is 6.90. The number of hydrogen-bond donors (Lipinski definition) is 4. The first-order valence-corrected chi connectivity index (χ1v) is 11.3. The van der Waals surface area contributed by atoms with Crippen LogP contribution in [0.3, 0.4) is 0 Å². The van der Waals surface area contributed by atoms with Crippen LogP contribution in [0.5, 0.6) is 0 Å². The molecule has 2 bridgehead atoms. The van der Waals surface area contributed by atoms with Crippen molar-refractivity contribution in [3.8, 4) is 0 Å². The van der Waals surface area contributed by atoms with Gasteiger partial charge < -0.3 is 25.2 Å². The highest BCUT2D eigenvalue weighted by atomic mass is 16.5. The Balaban J connectivity index is 1.87. The van der Waals surface area contributed by atoms with E-state index in [1.807, 2.05) is 13.8 Å². The number of rotatable bonds is 3. The standard InChI is InChI=1S/C25H34O7/c1-7-12(2)21(29)32-11-15-8-16-17-22(5,6)24(17,30)10-14(4)23(20(16)28)9-13(3)18(26)25(23,31)19(15)27/h7-9,14,16-19,26-27,30-31H,10-11H2,1-6H3/b12-7-/t14-,16+,17-,18+,19-,23+,24+,25-/m1/s1. The number of aliphatic hydroxyl groups excluding tert-OH is 2. The van der Waals surface area contributed by atoms with Gasteiger partial charge >= 0.3 is 5.97 Å². The SMILES string of the molecule is C/C=C(/C)C(=O)OCC1=C[C@@H]2C(=O)[C@]3(C=C(C)[C@H](O)[C@@]3(O)[C@@H]1O)[C@H](C)C[C@]1(O)[C@H]2C1(C)C. The third-order valence-electron chi connectivity index (χ3n) is 9.04. The number of fused-ring (bicyclic) bond motifs is 3. The van der Waals surface area contributed by atoms with Crippen LogP contribution in [-0.4, -0.2) is 62.2 Å². The molecular weight excluding hydrogens is 412 g/mol. The second-order valence-corrected chi connectivity index (χ2v) is 10.8. The van der Waals surface area contributed by atoms with Gasteiger partial charge in [0.05, 0.1) is 11.0 Å². The van der Waals surface area contributed by atoms with Gasteiger partial charge in [-0.2, -0.15) is 0 Å². The van der Waals surface area contributed by atoms with E-state index >= 15 is 0 Å². The van der Waals surface area contributed by atoms with Gasteiger partial charge in [-0.1, -0.05) is 39.0 Å². The molecule has 176 valence electrons. The molecule has 4 N–H and O–H groups in total. The smallest absolute Gasteiger partial charge is 0.333 e. The summed E-state index contributed by atoms with van der Waals surface area (Å²) in [4.78, 5) is 26.3. The molecule has 7 heteroatoms. The molecule has 0 aromatic rings. The Bertz CT molecular complexity index is 975. The van der Waals surface area contributed by atoms with Gasteiger partial charge in [0, 0.05) is 22.8 Å². The molecule has 0 heterocycles. The second-order valence-electron chi connectivity index (χ2n) is 10.8. The Morgan fingerprint density at radius 1 is 1.25 bits per heavy atom. The summed E-state index contributed by atoms with van der Waals surface area (Å²) in [6, 6.07) is 0. The molecule has 0 unspecified atom stereocenters. The van der Waals surface area contributed by atoms with Crippen LogP contribution in [0, 0.1) is 28.6 Å². The lowest BCUT2D eigenvalue weighted by atomic mass is 9.59. The van der Waals surface area contributed by atoms with Crippen molar-refractivity contribution >= 4 is 11.8 Å². The molecule has 2 saturated carbocycles. The van der Waals surface area contributed by atoms with E-state index in [0.717, 1.165) is 0 Å². The molecule has 0 saturated heterocycles. The molecule has 0 amide bonds. The Hall–Kier alpha value is -1.80. The second kappa shape index (κ2) is 6.86. The average Bonchev–Trinajstić information content (AvgIpc) is 3.11. The maximum absolute atomic E-state index is 14.1. The average molecular weight is 447 g/mol. The number of ether oxygens (including phenoxy) is 1. The molecule has 0 aromatic carbocycles. The lowest BCUT2D eigenvalue weighted by Gasteiger charge is -2.48. The molecule has 2 fully saturated rings. The number of carbonyl (C=O) groups excluding carboxylic acids is 2. The van der Waals surface area contributed by atoms with Crippen molar-refractivity contribution in [2.45, 2.75) is 71.4 Å². The molecule has 32 heavy (non-hydrogen) atoms. The zero-order chi connectivity index (χ0) is 24.0. The highest BCUT2D eigenvalue weighted by Crippen LogP contribution is 2.73. The summed E-state index contributed by atoms with van der Waals surface area (Å²) >= 11 is 0. The maximum Gasteiger partial charge on any atom is 0.333 e. The van der Waals surface area contributed by atoms with Gasteiger partial charge in [0.25, 0.3) is 0 Å². The van der Waals surface area contributed by atoms with Crippen LogP contribution in [0.1, 0.15) is 48.0 Å². The summed E-state index contributed by atoms with van der Waals surface area (Å²) in [5, 5.41) is 45.8. The van der Waals surface area contributed by atoms with Crippen LogP contribution in [0.4, 0.5) is 0 Å². The van der Waals surface area contributed by atoms with E-state index < -0.39 is 58.0 Å². The molecule has 0 aromatic heterocycles. The summed E-state index contributed by atoms with van der Waals surface area (Å²) in [6.07, 6.45) is 1.91. The minimum atomic E-state index is -2.23. The molecule has 4 aliphatic carbocycles. The first kappa shape index (κ1) is 23.4. The van der Waals surface area contributed by atoms with Crippen LogP contribution in [0.2, 0.25) is 0 Å². The van der Waals surface area contributed by atoms with Crippen LogP contribution in [0.15, 0.2) is 34.9 Å². The number of allylic oxidation sites excluding steroid dienone is 2. The van der Waals surface area contributed by atoms with E-state index in [9.17, 15) is 30.0 Å². The number of esters is 1. The third kappa shape index (κ3) is 2.51. The largest absolute Gasteiger partial charge is 0.458 e. The van der Waals surface area contributed by atoms with E-state index in [1.165, 1.54) is 0 Å². The molecular formula is C25H34O7. The van der Waals surface area contributed by atoms with Gasteiger partial charge in [0.2, 0.25) is 0 Å². The molecule has 8 atom stereocenters. The zero-order valence-electron chi connectivity index (χ0n) is 19.5. The predicted molar refractivity (Wildman–Crippen MR) is 116 cm³/mol. The summed E-state index contributed by atoms with van der Waals surface area (Å²) in [5.41, 5.74) is -4.50. The van der Waals surface area contributed by atoms with Crippen molar-refractivity contribution in [3.05, 3.63) is 34.9 Å². The van der Waals surface area contributed by atoms with Crippen LogP contribution in [-0.2, 0) is 14.3 Å². The van der Waals surface area contributed by atoms with Gasteiger partial charge in [-0.05, 0) is 44.3 Å². The van der Waals surface area contributed by atoms with E-state index in [-0.39, 0.29) is 24.4 Å². The third-order valence-corrected chi connectivity index (χ3v) is 9.04. The van der Waals surface area contributed by atoms with Gasteiger partial charge in [-0.15, -0.1) is 0 Å². The van der Waals surface area contributed by atoms with Crippen LogP contribution < -0.4 is 0 Å². The summed E-state index contributed by atoms with van der Waals surface area (Å²) in [5.74, 6) is -2.64. The van der Waals surface area contributed by atoms with Gasteiger partial charge in [0.15, 0.2) is 5.78 Å². The topological polar surface area (TPSA) is 124 Å². The monoisotopic (exact) mass is 446 g/mol. The minimum Gasteiger partial charge on any atom is -0.458 e. The molecule has 4 aliphatic rings. The first-order valence-electron chi connectivity index (χ1n) is 11.3. The van der Waals surface area contributed by atoms with Crippen molar-refractivity contribution in [3.63, 3.8) is 0 Å². The van der Waals surface area contributed by atoms with Crippen molar-refractivity contribution in [1.29, 1.82) is 0 Å². The normalized spacial score (nSPS) is 46.9. The molecule has 4 rings (SSSR count). The van der Waals surface area contributed by atoms with Gasteiger partial charge in [-0.25, -0.2) is 4.79 Å². The van der Waals surface area contributed by atoms with Crippen molar-refractivity contribution < 1.29 is 34.8 Å². The van der Waals surface area contributed by atoms with E-state index in [0.29, 0.717) is 11.1 Å². The van der Waals surface area contributed by atoms with Crippen molar-refractivity contribution in [2.24, 2.45) is 28.6 Å². The summed E-state index contributed by atoms with van der Waals surface area (Å²) in [7, 11) is 0. The van der Waals surface area contributed by atoms with E-state index in [4.69, 9.17) is 4.74 Å². The number of ketones is 1. The number of hydrogen-bond acceptors (Lipinski definition) is 7. The van der Waals surface area contributed by atoms with Crippen LogP contribution in [0.25, 0.3) is 0 Å². The first-order chi connectivity index (χ1) is 14.7. The predicted octanol–water partition coefficient (Wildman–Crippen LogP) is 1.45. The highest BCUT2D eigenvalue weighted by molar-refractivity contribution is 5.95. The zero-order valence-corrected chi connectivity index (χ0v) is 19.5. The van der Waals surface area contributed by atoms with E-state index in [2.05, 4.69) is 0 Å². The van der Waals surface area contributed by atoms with Crippen LogP contribution >= 0.6 is 0 Å². The van der Waals surface area contributed by atoms with Gasteiger partial charge in [0.1, 0.15) is 24.4 Å². The Labute approximate surface area is 188 Å². The van der Waals surface area contributed by atoms with E-state index in [1.54, 1.807) is 45.9 Å². The molecule has 7 nitrogen and oxygen atoms in total. The maximum atomic E-state index is 14.1. The Morgan fingerprint density at radius 3 is 2.47 bits per heavy atom. The summed E-state index contributed by atoms with van der Waals surface area (Å²) < 4.78 is 5.36. The Morgan fingerprint density at radius 2 is 1.88 bits per heavy atom. The van der Waals surface area contributed by atoms with Gasteiger partial charge in [-0.3, -0.25) is 4.79 Å². The quantitative estimate of drug-likeness (QED) is 0.294. The van der Waals surface area contributed by atoms with Crippen molar-refractivity contribution in [2.75, 3.05) is 6.61 Å².